The first-order valence-electron chi connectivity index (χ1n) is 5.67. The lowest BCUT2D eigenvalue weighted by atomic mass is 10.2. The first kappa shape index (κ1) is 14.5. The lowest BCUT2D eigenvalue weighted by Gasteiger charge is -2.05. The molecular weight excluding hydrogens is 330 g/mol. The number of halogens is 4. The zero-order valence-electron chi connectivity index (χ0n) is 10.3. The summed E-state index contributed by atoms with van der Waals surface area (Å²) in [7, 11) is 0. The second-order valence-corrected chi connectivity index (χ2v) is 4.83. The lowest BCUT2D eigenvalue weighted by Crippen LogP contribution is -2.25. The highest BCUT2D eigenvalue weighted by molar-refractivity contribution is 7.08. The van der Waals surface area contributed by atoms with E-state index in [0.29, 0.717) is 11.5 Å². The molecular formula is C11H5F4N3O3S. The number of nitrogens with one attached hydrogen (secondary N) is 1. The third-order valence-corrected chi connectivity index (χ3v) is 3.33. The molecule has 0 fully saturated rings. The van der Waals surface area contributed by atoms with Crippen molar-refractivity contribution in [2.75, 3.05) is 5.32 Å². The average Bonchev–Trinajstić information content (AvgIpc) is 3.00. The van der Waals surface area contributed by atoms with Gasteiger partial charge in [-0.2, -0.15) is 0 Å². The van der Waals surface area contributed by atoms with Crippen LogP contribution in [-0.4, -0.2) is 21.8 Å². The number of hydrogen-bond donors (Lipinski definition) is 1. The molecule has 22 heavy (non-hydrogen) atoms. The Hall–Kier alpha value is -2.43. The van der Waals surface area contributed by atoms with Crippen molar-refractivity contribution in [3.63, 3.8) is 0 Å². The van der Waals surface area contributed by atoms with Gasteiger partial charge in [0, 0.05) is 11.8 Å². The highest BCUT2D eigenvalue weighted by Crippen LogP contribution is 2.42. The van der Waals surface area contributed by atoms with Crippen LogP contribution in [-0.2, 0) is 0 Å². The van der Waals surface area contributed by atoms with Crippen LogP contribution in [0.4, 0.5) is 23.2 Å². The Morgan fingerprint density at radius 2 is 2.00 bits per heavy atom. The van der Waals surface area contributed by atoms with Crippen LogP contribution in [0.3, 0.4) is 0 Å². The Kier molecular flexibility index (Phi) is 3.35. The van der Waals surface area contributed by atoms with E-state index in [4.69, 9.17) is 0 Å². The number of rotatable bonds is 3. The van der Waals surface area contributed by atoms with E-state index in [1.807, 2.05) is 0 Å². The highest BCUT2D eigenvalue weighted by Gasteiger charge is 2.43. The molecule has 0 unspecified atom stereocenters. The fourth-order valence-electron chi connectivity index (χ4n) is 1.71. The summed E-state index contributed by atoms with van der Waals surface area (Å²) < 4.78 is 62.7. The number of aromatic nitrogens is 2. The Morgan fingerprint density at radius 3 is 2.73 bits per heavy atom. The normalized spacial score (nSPS) is 15.1. The summed E-state index contributed by atoms with van der Waals surface area (Å²) in [5.74, 6) is -1.36. The fourth-order valence-corrected chi connectivity index (χ4v) is 2.28. The fraction of sp³-hybridized carbons (Fsp3) is 0.182. The van der Waals surface area contributed by atoms with Gasteiger partial charge in [0.2, 0.25) is 0 Å². The number of carbonyl (C=O) groups excluding carboxylic acids is 1. The summed E-state index contributed by atoms with van der Waals surface area (Å²) in [6.45, 7) is 0. The molecule has 3 rings (SSSR count). The van der Waals surface area contributed by atoms with Crippen molar-refractivity contribution in [3.05, 3.63) is 28.8 Å². The molecule has 1 aliphatic rings. The summed E-state index contributed by atoms with van der Waals surface area (Å²) in [5.41, 5.74) is -0.673. The van der Waals surface area contributed by atoms with Gasteiger partial charge in [-0.1, -0.05) is 4.49 Å². The minimum absolute atomic E-state index is 0.0682. The summed E-state index contributed by atoms with van der Waals surface area (Å²) in [6.07, 6.45) is -6.73. The standard InChI is InChI=1S/C11H5F4N3O3S/c12-9(13)7-8(22-18-17-7)10(19)16-4-1-2-5-6(3-4)21-11(14,15)20-5/h1-3,9H,(H,16,19). The molecule has 1 aliphatic heterocycles. The predicted octanol–water partition coefficient (Wildman–Crippen LogP) is 3.05. The summed E-state index contributed by atoms with van der Waals surface area (Å²) in [5, 5.41) is 5.44. The molecule has 0 saturated heterocycles. The molecule has 11 heteroatoms. The number of hydrogen-bond acceptors (Lipinski definition) is 6. The number of amides is 1. The number of carbonyl (C=O) groups is 1. The molecule has 0 saturated carbocycles. The van der Waals surface area contributed by atoms with E-state index in [2.05, 4.69) is 24.4 Å². The van der Waals surface area contributed by atoms with Gasteiger partial charge >= 0.3 is 6.29 Å². The van der Waals surface area contributed by atoms with Crippen molar-refractivity contribution >= 4 is 23.1 Å². The molecule has 2 heterocycles. The van der Waals surface area contributed by atoms with Gasteiger partial charge in [0.25, 0.3) is 12.3 Å². The van der Waals surface area contributed by atoms with Gasteiger partial charge in [0.15, 0.2) is 17.2 Å². The summed E-state index contributed by atoms with van der Waals surface area (Å²) in [6, 6.07) is 3.51. The molecule has 6 nitrogen and oxygen atoms in total. The number of benzene rings is 1. The van der Waals surface area contributed by atoms with Crippen LogP contribution >= 0.6 is 11.5 Å². The van der Waals surface area contributed by atoms with Crippen LogP contribution in [0.2, 0.25) is 0 Å². The third-order valence-electron chi connectivity index (χ3n) is 2.59. The van der Waals surface area contributed by atoms with Crippen LogP contribution in [0.5, 0.6) is 11.5 Å². The largest absolute Gasteiger partial charge is 0.586 e. The van der Waals surface area contributed by atoms with Crippen LogP contribution in [0.1, 0.15) is 21.8 Å². The second-order valence-electron chi connectivity index (χ2n) is 4.07. The number of fused-ring (bicyclic) bond motifs is 1. The van der Waals surface area contributed by atoms with Gasteiger partial charge in [0.1, 0.15) is 4.88 Å². The topological polar surface area (TPSA) is 73.3 Å². The lowest BCUT2D eigenvalue weighted by molar-refractivity contribution is -0.286. The average molecular weight is 335 g/mol. The maximum Gasteiger partial charge on any atom is 0.586 e. The van der Waals surface area contributed by atoms with Gasteiger partial charge < -0.3 is 14.8 Å². The van der Waals surface area contributed by atoms with Gasteiger partial charge in [-0.25, -0.2) is 8.78 Å². The molecule has 1 aromatic carbocycles. The maximum absolute atomic E-state index is 12.9. The van der Waals surface area contributed by atoms with Crippen molar-refractivity contribution in [2.45, 2.75) is 12.7 Å². The molecule has 0 aliphatic carbocycles. The van der Waals surface area contributed by atoms with Crippen molar-refractivity contribution in [1.29, 1.82) is 0 Å². The minimum atomic E-state index is -3.78. The van der Waals surface area contributed by atoms with Crippen LogP contribution in [0, 0.1) is 0 Å². The number of nitrogens with zero attached hydrogens (tertiary/aromatic N) is 2. The van der Waals surface area contributed by atoms with Gasteiger partial charge in [-0.3, -0.25) is 4.79 Å². The van der Waals surface area contributed by atoms with Crippen LogP contribution < -0.4 is 14.8 Å². The van der Waals surface area contributed by atoms with Gasteiger partial charge in [-0.15, -0.1) is 13.9 Å². The van der Waals surface area contributed by atoms with Crippen molar-refractivity contribution in [3.8, 4) is 11.5 Å². The first-order valence-corrected chi connectivity index (χ1v) is 6.45. The van der Waals surface area contributed by atoms with E-state index in [9.17, 15) is 22.4 Å². The van der Waals surface area contributed by atoms with E-state index in [1.165, 1.54) is 6.07 Å². The zero-order chi connectivity index (χ0) is 15.9. The number of ether oxygens (including phenoxy) is 2. The molecule has 1 aromatic heterocycles. The second kappa shape index (κ2) is 5.09. The van der Waals surface area contributed by atoms with Crippen molar-refractivity contribution in [1.82, 2.24) is 9.59 Å². The number of anilines is 1. The zero-order valence-corrected chi connectivity index (χ0v) is 11.2. The minimum Gasteiger partial charge on any atom is -0.395 e. The molecule has 116 valence electrons. The van der Waals surface area contributed by atoms with Gasteiger partial charge in [-0.05, 0) is 23.7 Å². The maximum atomic E-state index is 12.9. The van der Waals surface area contributed by atoms with E-state index in [-0.39, 0.29) is 22.1 Å². The summed E-state index contributed by atoms with van der Waals surface area (Å²) in [4.78, 5) is 11.5. The summed E-state index contributed by atoms with van der Waals surface area (Å²) >= 11 is 0.501. The SMILES string of the molecule is O=C(Nc1ccc2c(c1)OC(F)(F)O2)c1snnc1C(F)F. The Bertz CT molecular complexity index is 737. The van der Waals surface area contributed by atoms with E-state index >= 15 is 0 Å². The first-order chi connectivity index (χ1) is 10.4. The Labute approximate surface area is 123 Å². The van der Waals surface area contributed by atoms with Crippen molar-refractivity contribution < 1.29 is 31.8 Å². The molecule has 0 atom stereocenters. The molecule has 1 amide bonds. The quantitative estimate of drug-likeness (QED) is 0.873. The molecule has 0 spiro atoms. The molecule has 2 aromatic rings. The molecule has 0 radical (unpaired) electrons. The Morgan fingerprint density at radius 1 is 1.27 bits per heavy atom. The Balaban J connectivity index is 1.80. The highest BCUT2D eigenvalue weighted by atomic mass is 32.1. The number of alkyl halides is 4. The van der Waals surface area contributed by atoms with E-state index in [1.54, 1.807) is 0 Å². The third kappa shape index (κ3) is 2.66. The monoisotopic (exact) mass is 335 g/mol. The van der Waals surface area contributed by atoms with Crippen LogP contribution in [0.25, 0.3) is 0 Å². The van der Waals surface area contributed by atoms with Gasteiger partial charge in [0.05, 0.1) is 0 Å². The van der Waals surface area contributed by atoms with Crippen LogP contribution in [0.15, 0.2) is 18.2 Å². The smallest absolute Gasteiger partial charge is 0.395 e. The van der Waals surface area contributed by atoms with Crippen molar-refractivity contribution in [2.24, 2.45) is 0 Å². The van der Waals surface area contributed by atoms with E-state index in [0.717, 1.165) is 12.1 Å². The molecule has 0 bridgehead atoms. The van der Waals surface area contributed by atoms with E-state index < -0.39 is 24.3 Å². The predicted molar refractivity (Wildman–Crippen MR) is 65.5 cm³/mol. The molecule has 1 N–H and O–H groups in total.